The van der Waals surface area contributed by atoms with Gasteiger partial charge in [-0.25, -0.2) is 0 Å². The van der Waals surface area contributed by atoms with Crippen LogP contribution in [-0.2, 0) is 27.2 Å². The second-order valence-electron chi connectivity index (χ2n) is 8.03. The molecule has 0 unspecified atom stereocenters. The predicted octanol–water partition coefficient (Wildman–Crippen LogP) is 6.67. The van der Waals surface area contributed by atoms with E-state index >= 15 is 0 Å². The lowest BCUT2D eigenvalue weighted by molar-refractivity contribution is -0.384. The fourth-order valence-electron chi connectivity index (χ4n) is 3.74. The summed E-state index contributed by atoms with van der Waals surface area (Å²) in [5.74, 6) is -0.885. The van der Waals surface area contributed by atoms with Crippen LogP contribution in [0.2, 0.25) is 0 Å². The maximum absolute atomic E-state index is 13.7. The SMILES string of the molecule is CCOP(=O)(OCC)C(CCC(=O)c1cccc(NC(=O)c2ccc([N+](=O)[O-])cc2)c1)P(=O)(OCC)OCC. The molecule has 0 saturated heterocycles. The number of carbonyl (C=O) groups excluding carboxylic acids is 2. The molecular formula is C25H34N2O10P2. The number of hydrogen-bond acceptors (Lipinski definition) is 10. The van der Waals surface area contributed by atoms with Gasteiger partial charge in [-0.1, -0.05) is 12.1 Å². The van der Waals surface area contributed by atoms with Crippen LogP contribution in [0, 0.1) is 10.1 Å². The van der Waals surface area contributed by atoms with Crippen LogP contribution in [0.5, 0.6) is 0 Å². The van der Waals surface area contributed by atoms with Gasteiger partial charge >= 0.3 is 15.2 Å². The topological polar surface area (TPSA) is 160 Å². The third kappa shape index (κ3) is 8.89. The molecule has 12 nitrogen and oxygen atoms in total. The lowest BCUT2D eigenvalue weighted by Gasteiger charge is -2.31. The molecule has 0 saturated carbocycles. The molecule has 1 amide bonds. The number of benzene rings is 2. The Balaban J connectivity index is 2.24. The van der Waals surface area contributed by atoms with E-state index in [4.69, 9.17) is 18.1 Å². The molecule has 0 spiro atoms. The minimum atomic E-state index is -3.99. The lowest BCUT2D eigenvalue weighted by atomic mass is 10.1. The van der Waals surface area contributed by atoms with Crippen molar-refractivity contribution < 1.29 is 41.7 Å². The van der Waals surface area contributed by atoms with Crippen molar-refractivity contribution in [1.82, 2.24) is 0 Å². The van der Waals surface area contributed by atoms with Crippen LogP contribution in [-0.4, -0.2) is 48.4 Å². The molecule has 0 aliphatic rings. The van der Waals surface area contributed by atoms with Gasteiger partial charge in [0, 0.05) is 35.4 Å². The molecule has 2 rings (SSSR count). The number of ketones is 1. The first-order valence-electron chi connectivity index (χ1n) is 12.5. The number of nitro benzene ring substituents is 1. The van der Waals surface area contributed by atoms with Gasteiger partial charge in [-0.05, 0) is 58.4 Å². The number of non-ortho nitro benzene ring substituents is 1. The van der Waals surface area contributed by atoms with Gasteiger partial charge in [0.15, 0.2) is 11.2 Å². The molecule has 0 aliphatic carbocycles. The maximum Gasteiger partial charge on any atom is 0.345 e. The minimum Gasteiger partial charge on any atom is -0.322 e. The van der Waals surface area contributed by atoms with Gasteiger partial charge in [-0.3, -0.25) is 28.8 Å². The smallest absolute Gasteiger partial charge is 0.322 e. The predicted molar refractivity (Wildman–Crippen MR) is 147 cm³/mol. The van der Waals surface area contributed by atoms with Crippen molar-refractivity contribution in [1.29, 1.82) is 0 Å². The number of anilines is 1. The number of amides is 1. The maximum atomic E-state index is 13.7. The Morgan fingerprint density at radius 1 is 0.846 bits per heavy atom. The summed E-state index contributed by atoms with van der Waals surface area (Å²) in [5.41, 5.74) is 0.629. The highest BCUT2D eigenvalue weighted by Gasteiger charge is 2.50. The average Bonchev–Trinajstić information content (AvgIpc) is 2.89. The van der Waals surface area contributed by atoms with Crippen molar-refractivity contribution in [3.05, 3.63) is 69.8 Å². The highest BCUT2D eigenvalue weighted by Crippen LogP contribution is 2.71. The fourth-order valence-corrected chi connectivity index (χ4v) is 9.09. The molecule has 14 heteroatoms. The molecule has 39 heavy (non-hydrogen) atoms. The summed E-state index contributed by atoms with van der Waals surface area (Å²) >= 11 is 0. The summed E-state index contributed by atoms with van der Waals surface area (Å²) < 4.78 is 49.1. The molecule has 0 fully saturated rings. The summed E-state index contributed by atoms with van der Waals surface area (Å²) in [6.07, 6.45) is -0.342. The van der Waals surface area contributed by atoms with Gasteiger partial charge in [0.05, 0.1) is 31.4 Å². The Kier molecular flexibility index (Phi) is 12.6. The molecule has 0 bridgehead atoms. The number of Topliss-reactive ketones (excluding diaryl/α,β-unsaturated/α-hetero) is 1. The van der Waals surface area contributed by atoms with Crippen LogP contribution < -0.4 is 5.32 Å². The molecule has 1 N–H and O–H groups in total. The van der Waals surface area contributed by atoms with Crippen molar-refractivity contribution in [3.63, 3.8) is 0 Å². The first-order valence-corrected chi connectivity index (χ1v) is 15.7. The van der Waals surface area contributed by atoms with E-state index in [1.807, 2.05) is 0 Å². The quantitative estimate of drug-likeness (QED) is 0.0920. The molecular weight excluding hydrogens is 550 g/mol. The lowest BCUT2D eigenvalue weighted by Crippen LogP contribution is -2.19. The van der Waals surface area contributed by atoms with Crippen LogP contribution in [0.3, 0.4) is 0 Å². The number of nitrogens with one attached hydrogen (secondary N) is 1. The Bertz CT molecular complexity index is 1190. The Labute approximate surface area is 227 Å². The van der Waals surface area contributed by atoms with Crippen LogP contribution in [0.25, 0.3) is 0 Å². The van der Waals surface area contributed by atoms with E-state index in [2.05, 4.69) is 5.32 Å². The van der Waals surface area contributed by atoms with E-state index in [9.17, 15) is 28.8 Å². The highest BCUT2D eigenvalue weighted by atomic mass is 31.2. The molecule has 0 heterocycles. The number of rotatable bonds is 17. The first-order chi connectivity index (χ1) is 18.5. The standard InChI is InChI=1S/C25H34N2O10P2/c1-5-34-38(32,35-6-2)24(39(33,36-7-3)37-8-4)17-16-23(28)20-10-9-11-21(18-20)26-25(29)19-12-14-22(15-13-19)27(30)31/h9-15,18,24H,5-8,16-17H2,1-4H3,(H,26,29). The second-order valence-corrected chi connectivity index (χ2v) is 12.9. The normalized spacial score (nSPS) is 11.9. The zero-order chi connectivity index (χ0) is 29.1. The molecule has 214 valence electrons. The Hall–Kier alpha value is -2.72. The number of nitro groups is 1. The van der Waals surface area contributed by atoms with E-state index in [0.717, 1.165) is 0 Å². The van der Waals surface area contributed by atoms with E-state index < -0.39 is 31.4 Å². The van der Waals surface area contributed by atoms with Crippen LogP contribution in [0.15, 0.2) is 48.5 Å². The van der Waals surface area contributed by atoms with E-state index in [1.165, 1.54) is 30.3 Å². The van der Waals surface area contributed by atoms with Gasteiger partial charge in [-0.15, -0.1) is 0 Å². The zero-order valence-electron chi connectivity index (χ0n) is 22.4. The van der Waals surface area contributed by atoms with Gasteiger partial charge in [-0.2, -0.15) is 0 Å². The van der Waals surface area contributed by atoms with Crippen molar-refractivity contribution in [2.24, 2.45) is 0 Å². The van der Waals surface area contributed by atoms with Crippen molar-refractivity contribution >= 4 is 38.3 Å². The summed E-state index contributed by atoms with van der Waals surface area (Å²) in [6.45, 7) is 6.58. The fraction of sp³-hybridized carbons (Fsp3) is 0.440. The summed E-state index contributed by atoms with van der Waals surface area (Å²) in [5, 5.41) is 12.2. The molecule has 0 radical (unpaired) electrons. The van der Waals surface area contributed by atoms with E-state index in [1.54, 1.807) is 45.9 Å². The number of nitrogens with zero attached hydrogens (tertiary/aromatic N) is 1. The molecule has 2 aromatic rings. The van der Waals surface area contributed by atoms with E-state index in [0.29, 0.717) is 5.69 Å². The minimum absolute atomic E-state index is 0.0243. The second kappa shape index (κ2) is 15.2. The van der Waals surface area contributed by atoms with Crippen LogP contribution >= 0.6 is 15.2 Å². The third-order valence-electron chi connectivity index (χ3n) is 5.38. The van der Waals surface area contributed by atoms with Crippen molar-refractivity contribution in [2.45, 2.75) is 45.9 Å². The third-order valence-corrected chi connectivity index (χ3v) is 11.5. The molecule has 2 aromatic carbocycles. The Morgan fingerprint density at radius 2 is 1.36 bits per heavy atom. The molecule has 0 aromatic heterocycles. The van der Waals surface area contributed by atoms with Crippen molar-refractivity contribution in [2.75, 3.05) is 31.7 Å². The monoisotopic (exact) mass is 584 g/mol. The summed E-state index contributed by atoms with van der Waals surface area (Å²) in [6, 6.07) is 11.3. The van der Waals surface area contributed by atoms with E-state index in [-0.39, 0.29) is 61.9 Å². The highest BCUT2D eigenvalue weighted by molar-refractivity contribution is 7.72. The van der Waals surface area contributed by atoms with Gasteiger partial charge in [0.25, 0.3) is 11.6 Å². The van der Waals surface area contributed by atoms with Crippen LogP contribution in [0.1, 0.15) is 61.3 Å². The average molecular weight is 584 g/mol. The largest absolute Gasteiger partial charge is 0.345 e. The first kappa shape index (κ1) is 32.5. The van der Waals surface area contributed by atoms with Crippen molar-refractivity contribution in [3.8, 4) is 0 Å². The van der Waals surface area contributed by atoms with Gasteiger partial charge in [0.1, 0.15) is 0 Å². The zero-order valence-corrected chi connectivity index (χ0v) is 24.2. The van der Waals surface area contributed by atoms with Gasteiger partial charge in [0.2, 0.25) is 0 Å². The summed E-state index contributed by atoms with van der Waals surface area (Å²) in [4.78, 5) is 36.0. The number of hydrogen-bond donors (Lipinski definition) is 1. The van der Waals surface area contributed by atoms with Gasteiger partial charge < -0.3 is 23.4 Å². The summed E-state index contributed by atoms with van der Waals surface area (Å²) in [7, 11) is -7.99. The Morgan fingerprint density at radius 3 is 1.82 bits per heavy atom. The molecule has 0 aliphatic heterocycles. The molecule has 0 atom stereocenters. The number of carbonyl (C=O) groups is 2. The van der Waals surface area contributed by atoms with Crippen LogP contribution in [0.4, 0.5) is 11.4 Å².